The van der Waals surface area contributed by atoms with Crippen LogP contribution in [0.3, 0.4) is 0 Å². The zero-order valence-corrected chi connectivity index (χ0v) is 22.9. The highest BCUT2D eigenvalue weighted by atomic mass is 32.2. The highest BCUT2D eigenvalue weighted by Gasteiger charge is 2.60. The number of aliphatic carboxylic acids is 1. The molecule has 1 aromatic rings. The van der Waals surface area contributed by atoms with Crippen molar-refractivity contribution in [1.29, 1.82) is 0 Å². The molecule has 4 aliphatic heterocycles. The number of tetrazole rings is 1. The largest absolute Gasteiger partial charge is 0.477 e. The zero-order chi connectivity index (χ0) is 28.9. The van der Waals surface area contributed by atoms with E-state index in [9.17, 15) is 33.1 Å². The Morgan fingerprint density at radius 3 is 2.70 bits per heavy atom. The molecule has 2 amide bonds. The maximum Gasteiger partial charge on any atom is 0.353 e. The number of nitrogens with two attached hydrogens (primary N) is 1. The number of β-lactam (4-membered cyclic amide) rings is 1. The first-order chi connectivity index (χ1) is 19.0. The van der Waals surface area contributed by atoms with E-state index in [0.717, 1.165) is 11.1 Å². The van der Waals surface area contributed by atoms with Gasteiger partial charge < -0.3 is 26.0 Å². The topological polar surface area (TPSA) is 177 Å². The molecule has 3 fully saturated rings. The summed E-state index contributed by atoms with van der Waals surface area (Å²) in [6, 6.07) is -0.802. The van der Waals surface area contributed by atoms with Crippen molar-refractivity contribution in [2.75, 3.05) is 19.6 Å². The van der Waals surface area contributed by atoms with Crippen molar-refractivity contribution in [3.63, 3.8) is 0 Å². The predicted molar refractivity (Wildman–Crippen MR) is 136 cm³/mol. The number of rotatable bonds is 10. The van der Waals surface area contributed by atoms with E-state index in [1.807, 2.05) is 6.92 Å². The maximum absolute atomic E-state index is 13.2. The molecule has 13 nitrogen and oxygen atoms in total. The van der Waals surface area contributed by atoms with E-state index < -0.39 is 48.4 Å². The first-order valence-electron chi connectivity index (χ1n) is 13.3. The zero-order valence-electron chi connectivity index (χ0n) is 22.1. The Labute approximate surface area is 232 Å². The molecule has 218 valence electrons. The second-order valence-electron chi connectivity index (χ2n) is 11.0. The third-order valence-electron chi connectivity index (χ3n) is 8.25. The number of aromatic nitrogens is 4. The molecule has 3 saturated heterocycles. The molecule has 7 atom stereocenters. The second kappa shape index (κ2) is 11.1. The molecule has 0 bridgehead atoms. The Morgan fingerprint density at radius 2 is 2.05 bits per heavy atom. The Bertz CT molecular complexity index is 1240. The lowest BCUT2D eigenvalue weighted by atomic mass is 9.73. The molecule has 0 spiro atoms. The number of carbonyl (C=O) groups is 4. The van der Waals surface area contributed by atoms with Gasteiger partial charge in [-0.15, -0.1) is 16.9 Å². The fourth-order valence-corrected chi connectivity index (χ4v) is 7.81. The quantitative estimate of drug-likeness (QED) is 0.317. The van der Waals surface area contributed by atoms with Gasteiger partial charge >= 0.3 is 5.97 Å². The number of nitrogens with zero attached hydrogens (tertiary/aromatic N) is 6. The van der Waals surface area contributed by atoms with Crippen LogP contribution in [-0.2, 0) is 25.7 Å². The fourth-order valence-electron chi connectivity index (χ4n) is 6.33. The van der Waals surface area contributed by atoms with Crippen LogP contribution in [-0.4, -0.2) is 102 Å². The van der Waals surface area contributed by atoms with E-state index in [2.05, 4.69) is 20.8 Å². The summed E-state index contributed by atoms with van der Waals surface area (Å²) >= 11 is 1.39. The monoisotopic (exact) mass is 582 g/mol. The van der Waals surface area contributed by atoms with Gasteiger partial charge in [-0.05, 0) is 29.2 Å². The molecule has 4 aliphatic rings. The number of nitrogens with one attached hydrogen (secondary N) is 1. The fraction of sp³-hybridized carbons (Fsp3) is 0.708. The molecule has 4 N–H and O–H groups in total. The van der Waals surface area contributed by atoms with Crippen molar-refractivity contribution >= 4 is 35.3 Å². The number of alkyl halides is 2. The number of hydrogen-bond acceptors (Lipinski definition) is 10. The summed E-state index contributed by atoms with van der Waals surface area (Å²) in [7, 11) is 0. The summed E-state index contributed by atoms with van der Waals surface area (Å²) in [4.78, 5) is 54.7. The number of halogens is 2. The van der Waals surface area contributed by atoms with Gasteiger partial charge in [-0.2, -0.15) is 0 Å². The normalized spacial score (nSPS) is 30.7. The SMILES string of the molecule is C[C@@H](CC(=O)Cn1nnnc1C(F)F)[C@H]1C(=O)N2C(C(=O)O)=C(S[C@@H]3CN[C@H](C(=O)N4CC[C@@H](N)C4)C3)[C@H](C)[C@H]12. The van der Waals surface area contributed by atoms with Gasteiger partial charge in [-0.1, -0.05) is 13.8 Å². The van der Waals surface area contributed by atoms with Crippen molar-refractivity contribution in [3.8, 4) is 0 Å². The Balaban J connectivity index is 1.23. The van der Waals surface area contributed by atoms with Crippen LogP contribution in [0, 0.1) is 17.8 Å². The number of carboxylic acids is 1. The third kappa shape index (κ3) is 5.11. The Morgan fingerprint density at radius 1 is 1.30 bits per heavy atom. The minimum atomic E-state index is -2.93. The average Bonchev–Trinajstić information content (AvgIpc) is 3.67. The molecule has 40 heavy (non-hydrogen) atoms. The lowest BCUT2D eigenvalue weighted by molar-refractivity contribution is -0.160. The number of amides is 2. The third-order valence-corrected chi connectivity index (χ3v) is 9.77. The Kier molecular flexibility index (Phi) is 7.94. The number of hydrogen-bond donors (Lipinski definition) is 3. The van der Waals surface area contributed by atoms with Gasteiger partial charge in [0, 0.05) is 48.2 Å². The van der Waals surface area contributed by atoms with Crippen molar-refractivity contribution in [3.05, 3.63) is 16.4 Å². The highest BCUT2D eigenvalue weighted by molar-refractivity contribution is 8.03. The molecule has 5 heterocycles. The molecular formula is C24H32F2N8O5S. The molecule has 0 radical (unpaired) electrons. The first kappa shape index (κ1) is 28.5. The number of fused-ring (bicyclic) bond motifs is 1. The first-order valence-corrected chi connectivity index (χ1v) is 14.2. The Hall–Kier alpha value is -2.98. The highest BCUT2D eigenvalue weighted by Crippen LogP contribution is 2.53. The van der Waals surface area contributed by atoms with Crippen LogP contribution in [0.5, 0.6) is 0 Å². The number of carboxylic acid groups (broad SMARTS) is 1. The van der Waals surface area contributed by atoms with Gasteiger partial charge in [-0.3, -0.25) is 14.4 Å². The van der Waals surface area contributed by atoms with Crippen LogP contribution >= 0.6 is 11.8 Å². The number of carbonyl (C=O) groups excluding carboxylic acids is 3. The molecule has 5 rings (SSSR count). The minimum absolute atomic E-state index is 0.00264. The van der Waals surface area contributed by atoms with Gasteiger partial charge in [0.1, 0.15) is 12.2 Å². The smallest absolute Gasteiger partial charge is 0.353 e. The van der Waals surface area contributed by atoms with E-state index in [0.29, 0.717) is 31.0 Å². The van der Waals surface area contributed by atoms with Gasteiger partial charge in [-0.25, -0.2) is 18.3 Å². The summed E-state index contributed by atoms with van der Waals surface area (Å²) in [5.41, 5.74) is 5.89. The van der Waals surface area contributed by atoms with Gasteiger partial charge in [0.05, 0.1) is 18.0 Å². The van der Waals surface area contributed by atoms with Crippen LogP contribution in [0.2, 0.25) is 0 Å². The number of ketones is 1. The second-order valence-corrected chi connectivity index (χ2v) is 12.4. The van der Waals surface area contributed by atoms with Crippen molar-refractivity contribution in [2.45, 2.75) is 69.5 Å². The van der Waals surface area contributed by atoms with Gasteiger partial charge in [0.2, 0.25) is 17.6 Å². The van der Waals surface area contributed by atoms with Crippen molar-refractivity contribution < 1.29 is 33.1 Å². The van der Waals surface area contributed by atoms with Crippen molar-refractivity contribution in [2.24, 2.45) is 23.5 Å². The molecule has 0 aliphatic carbocycles. The standard InChI is InChI=1S/C24H32F2N8O5S/c1-10(5-13(35)9-33-21(20(25)26)29-30-31-33)16-17-11(2)19(18(24(38)39)34(17)23(16)37)40-14-6-15(28-7-14)22(36)32-4-3-12(27)8-32/h10-12,14-17,20,28H,3-9,27H2,1-2H3,(H,38,39)/t10-,11+,12+,14-,15-,16+,17+/m0/s1. The predicted octanol–water partition coefficient (Wildman–Crippen LogP) is 0.00220. The molecule has 0 aromatic carbocycles. The molecule has 0 saturated carbocycles. The van der Waals surface area contributed by atoms with E-state index in [-0.39, 0.29) is 47.2 Å². The summed E-state index contributed by atoms with van der Waals surface area (Å²) in [6.07, 6.45) is -1.70. The van der Waals surface area contributed by atoms with Crippen LogP contribution in [0.4, 0.5) is 8.78 Å². The lowest BCUT2D eigenvalue weighted by Crippen LogP contribution is -2.62. The maximum atomic E-state index is 13.2. The van der Waals surface area contributed by atoms with Crippen LogP contribution < -0.4 is 11.1 Å². The van der Waals surface area contributed by atoms with E-state index in [1.54, 1.807) is 11.8 Å². The van der Waals surface area contributed by atoms with Gasteiger partial charge in [0.25, 0.3) is 6.43 Å². The van der Waals surface area contributed by atoms with E-state index in [1.165, 1.54) is 16.7 Å². The van der Waals surface area contributed by atoms with E-state index in [4.69, 9.17) is 5.73 Å². The minimum Gasteiger partial charge on any atom is -0.477 e. The lowest BCUT2D eigenvalue weighted by Gasteiger charge is -2.47. The number of likely N-dealkylation sites (tertiary alicyclic amines) is 1. The molecule has 16 heteroatoms. The van der Waals surface area contributed by atoms with Crippen LogP contribution in [0.15, 0.2) is 10.6 Å². The molecular weight excluding hydrogens is 550 g/mol. The van der Waals surface area contributed by atoms with Crippen LogP contribution in [0.25, 0.3) is 0 Å². The average molecular weight is 583 g/mol. The summed E-state index contributed by atoms with van der Waals surface area (Å²) in [5.74, 6) is -4.01. The van der Waals surface area contributed by atoms with Gasteiger partial charge in [0.15, 0.2) is 5.78 Å². The number of thioether (sulfide) groups is 1. The molecule has 0 unspecified atom stereocenters. The summed E-state index contributed by atoms with van der Waals surface area (Å²) in [6.45, 7) is 4.84. The molecule has 1 aromatic heterocycles. The number of Topliss-reactive ketones (excluding diaryl/α,β-unsaturated/α-hetero) is 1. The summed E-state index contributed by atoms with van der Waals surface area (Å²) < 4.78 is 26.8. The van der Waals surface area contributed by atoms with Crippen molar-refractivity contribution in [1.82, 2.24) is 35.3 Å². The van der Waals surface area contributed by atoms with E-state index >= 15 is 0 Å². The summed E-state index contributed by atoms with van der Waals surface area (Å²) in [5, 5.41) is 23.1. The van der Waals surface area contributed by atoms with Crippen LogP contribution in [0.1, 0.15) is 45.4 Å².